The zero-order valence-electron chi connectivity index (χ0n) is 10.3. The standard InChI is InChI=1S/C12H19N3O2/c1-3-4-10(13)12(16)15-8-9-5-6-14-11(7-9)17-2/h5-7,10H,3-4,8,13H2,1-2H3,(H,15,16)/t10-/m0/s1. The lowest BCUT2D eigenvalue weighted by molar-refractivity contribution is -0.122. The summed E-state index contributed by atoms with van der Waals surface area (Å²) in [5, 5.41) is 2.79. The Bertz CT molecular complexity index is 369. The Kier molecular flexibility index (Phi) is 5.42. The highest BCUT2D eigenvalue weighted by atomic mass is 16.5. The monoisotopic (exact) mass is 237 g/mol. The first-order valence-corrected chi connectivity index (χ1v) is 5.69. The number of hydrogen-bond donors (Lipinski definition) is 2. The molecule has 1 amide bonds. The molecular weight excluding hydrogens is 218 g/mol. The fraction of sp³-hybridized carbons (Fsp3) is 0.500. The van der Waals surface area contributed by atoms with Crippen LogP contribution >= 0.6 is 0 Å². The Hall–Kier alpha value is -1.62. The number of nitrogens with two attached hydrogens (primary N) is 1. The van der Waals surface area contributed by atoms with Gasteiger partial charge < -0.3 is 15.8 Å². The van der Waals surface area contributed by atoms with Crippen LogP contribution in [0, 0.1) is 0 Å². The predicted octanol–water partition coefficient (Wildman–Crippen LogP) is 0.834. The van der Waals surface area contributed by atoms with Gasteiger partial charge in [-0.25, -0.2) is 4.98 Å². The van der Waals surface area contributed by atoms with Crippen molar-refractivity contribution in [3.8, 4) is 5.88 Å². The summed E-state index contributed by atoms with van der Waals surface area (Å²) in [5.74, 6) is 0.414. The Morgan fingerprint density at radius 2 is 2.41 bits per heavy atom. The number of nitrogens with one attached hydrogen (secondary N) is 1. The molecule has 1 rings (SSSR count). The van der Waals surface area contributed by atoms with E-state index >= 15 is 0 Å². The van der Waals surface area contributed by atoms with Gasteiger partial charge in [0.05, 0.1) is 13.2 Å². The van der Waals surface area contributed by atoms with Crippen molar-refractivity contribution in [2.45, 2.75) is 32.4 Å². The molecule has 0 aromatic carbocycles. The average Bonchev–Trinajstić information content (AvgIpc) is 2.36. The van der Waals surface area contributed by atoms with Gasteiger partial charge in [-0.1, -0.05) is 13.3 Å². The van der Waals surface area contributed by atoms with Gasteiger partial charge in [-0.05, 0) is 18.1 Å². The molecule has 0 spiro atoms. The minimum atomic E-state index is -0.427. The van der Waals surface area contributed by atoms with Gasteiger partial charge in [0.2, 0.25) is 11.8 Å². The Labute approximate surface area is 101 Å². The van der Waals surface area contributed by atoms with Crippen molar-refractivity contribution in [1.29, 1.82) is 0 Å². The van der Waals surface area contributed by atoms with Crippen molar-refractivity contribution in [1.82, 2.24) is 10.3 Å². The van der Waals surface area contributed by atoms with E-state index in [0.29, 0.717) is 18.8 Å². The molecular formula is C12H19N3O2. The van der Waals surface area contributed by atoms with Gasteiger partial charge in [-0.3, -0.25) is 4.79 Å². The molecule has 1 heterocycles. The Balaban J connectivity index is 2.46. The van der Waals surface area contributed by atoms with Crippen LogP contribution < -0.4 is 15.8 Å². The quantitative estimate of drug-likeness (QED) is 0.768. The first kappa shape index (κ1) is 13.4. The van der Waals surface area contributed by atoms with Crippen LogP contribution in [0.15, 0.2) is 18.3 Å². The van der Waals surface area contributed by atoms with Crippen LogP contribution in [-0.2, 0) is 11.3 Å². The number of nitrogens with zero attached hydrogens (tertiary/aromatic N) is 1. The van der Waals surface area contributed by atoms with Gasteiger partial charge in [-0.15, -0.1) is 0 Å². The van der Waals surface area contributed by atoms with Crippen LogP contribution in [0.1, 0.15) is 25.3 Å². The second-order valence-electron chi connectivity index (χ2n) is 3.82. The van der Waals surface area contributed by atoms with Crippen LogP contribution in [0.3, 0.4) is 0 Å². The molecule has 94 valence electrons. The largest absolute Gasteiger partial charge is 0.481 e. The molecule has 3 N–H and O–H groups in total. The summed E-state index contributed by atoms with van der Waals surface area (Å²) >= 11 is 0. The maximum absolute atomic E-state index is 11.6. The molecule has 0 aliphatic heterocycles. The van der Waals surface area contributed by atoms with E-state index in [1.165, 1.54) is 0 Å². The van der Waals surface area contributed by atoms with Crippen LogP contribution in [0.5, 0.6) is 5.88 Å². The minimum absolute atomic E-state index is 0.123. The predicted molar refractivity (Wildman–Crippen MR) is 65.5 cm³/mol. The molecule has 0 bridgehead atoms. The average molecular weight is 237 g/mol. The van der Waals surface area contributed by atoms with Crippen molar-refractivity contribution >= 4 is 5.91 Å². The fourth-order valence-corrected chi connectivity index (χ4v) is 1.43. The third kappa shape index (κ3) is 4.40. The number of carbonyl (C=O) groups is 1. The third-order valence-electron chi connectivity index (χ3n) is 2.41. The molecule has 0 aliphatic carbocycles. The van der Waals surface area contributed by atoms with Gasteiger partial charge in [0, 0.05) is 18.8 Å². The number of pyridine rings is 1. The number of aromatic nitrogens is 1. The van der Waals surface area contributed by atoms with Gasteiger partial charge in [0.25, 0.3) is 0 Å². The lowest BCUT2D eigenvalue weighted by Crippen LogP contribution is -2.40. The zero-order chi connectivity index (χ0) is 12.7. The van der Waals surface area contributed by atoms with Crippen molar-refractivity contribution in [3.63, 3.8) is 0 Å². The Morgan fingerprint density at radius 1 is 1.65 bits per heavy atom. The van der Waals surface area contributed by atoms with Gasteiger partial charge in [-0.2, -0.15) is 0 Å². The fourth-order valence-electron chi connectivity index (χ4n) is 1.43. The molecule has 0 unspecified atom stereocenters. The second kappa shape index (κ2) is 6.85. The first-order chi connectivity index (χ1) is 8.17. The van der Waals surface area contributed by atoms with E-state index in [1.807, 2.05) is 13.0 Å². The van der Waals surface area contributed by atoms with Gasteiger partial charge >= 0.3 is 0 Å². The van der Waals surface area contributed by atoms with E-state index < -0.39 is 6.04 Å². The summed E-state index contributed by atoms with van der Waals surface area (Å²) < 4.78 is 5.00. The SMILES string of the molecule is CCC[C@H](N)C(=O)NCc1ccnc(OC)c1. The molecule has 0 radical (unpaired) electrons. The smallest absolute Gasteiger partial charge is 0.237 e. The van der Waals surface area contributed by atoms with E-state index in [2.05, 4.69) is 10.3 Å². The lowest BCUT2D eigenvalue weighted by Gasteiger charge is -2.11. The van der Waals surface area contributed by atoms with Crippen molar-refractivity contribution in [2.75, 3.05) is 7.11 Å². The van der Waals surface area contributed by atoms with Crippen LogP contribution in [0.4, 0.5) is 0 Å². The highest BCUT2D eigenvalue weighted by Gasteiger charge is 2.11. The molecule has 5 nitrogen and oxygen atoms in total. The topological polar surface area (TPSA) is 77.2 Å². The molecule has 1 atom stereocenters. The van der Waals surface area contributed by atoms with Gasteiger partial charge in [0.15, 0.2) is 0 Å². The van der Waals surface area contributed by atoms with Gasteiger partial charge in [0.1, 0.15) is 0 Å². The van der Waals surface area contributed by atoms with Crippen molar-refractivity contribution in [3.05, 3.63) is 23.9 Å². The summed E-state index contributed by atoms with van der Waals surface area (Å²) in [6.07, 6.45) is 3.25. The maximum Gasteiger partial charge on any atom is 0.237 e. The molecule has 0 aliphatic rings. The summed E-state index contributed by atoms with van der Waals surface area (Å²) in [4.78, 5) is 15.6. The number of methoxy groups -OCH3 is 1. The van der Waals surface area contributed by atoms with E-state index in [-0.39, 0.29) is 5.91 Å². The molecule has 17 heavy (non-hydrogen) atoms. The minimum Gasteiger partial charge on any atom is -0.481 e. The van der Waals surface area contributed by atoms with E-state index in [0.717, 1.165) is 12.0 Å². The Morgan fingerprint density at radius 3 is 3.06 bits per heavy atom. The highest BCUT2D eigenvalue weighted by Crippen LogP contribution is 2.08. The number of ether oxygens (including phenoxy) is 1. The summed E-state index contributed by atoms with van der Waals surface area (Å²) in [6, 6.07) is 3.18. The number of carbonyl (C=O) groups excluding carboxylic acids is 1. The zero-order valence-corrected chi connectivity index (χ0v) is 10.3. The molecule has 1 aromatic heterocycles. The number of hydrogen-bond acceptors (Lipinski definition) is 4. The highest BCUT2D eigenvalue weighted by molar-refractivity contribution is 5.81. The lowest BCUT2D eigenvalue weighted by atomic mass is 10.1. The van der Waals surface area contributed by atoms with E-state index in [1.54, 1.807) is 19.4 Å². The summed E-state index contributed by atoms with van der Waals surface area (Å²) in [6.45, 7) is 2.44. The molecule has 1 aromatic rings. The molecule has 5 heteroatoms. The van der Waals surface area contributed by atoms with E-state index in [4.69, 9.17) is 10.5 Å². The van der Waals surface area contributed by atoms with Crippen molar-refractivity contribution < 1.29 is 9.53 Å². The summed E-state index contributed by atoms with van der Waals surface area (Å²) in [7, 11) is 1.56. The van der Waals surface area contributed by atoms with Crippen molar-refractivity contribution in [2.24, 2.45) is 5.73 Å². The van der Waals surface area contributed by atoms with Crippen LogP contribution in [0.25, 0.3) is 0 Å². The molecule has 0 fully saturated rings. The molecule has 0 saturated heterocycles. The van der Waals surface area contributed by atoms with Crippen LogP contribution in [0.2, 0.25) is 0 Å². The van der Waals surface area contributed by atoms with Crippen LogP contribution in [-0.4, -0.2) is 24.0 Å². The van der Waals surface area contributed by atoms with E-state index in [9.17, 15) is 4.79 Å². The second-order valence-corrected chi connectivity index (χ2v) is 3.82. The number of amides is 1. The number of rotatable bonds is 6. The first-order valence-electron chi connectivity index (χ1n) is 5.69. The maximum atomic E-state index is 11.6. The summed E-state index contributed by atoms with van der Waals surface area (Å²) in [5.41, 5.74) is 6.64. The normalized spacial score (nSPS) is 11.9. The third-order valence-corrected chi connectivity index (χ3v) is 2.41. The molecule has 0 saturated carbocycles.